The first kappa shape index (κ1) is 14.7. The summed E-state index contributed by atoms with van der Waals surface area (Å²) in [6, 6.07) is 11.3. The number of hydrogen-bond donors (Lipinski definition) is 0. The van der Waals surface area contributed by atoms with Crippen LogP contribution in [0.15, 0.2) is 36.5 Å². The standard InChI is InChI=1S/C17H17N3O/c1-3-20(4-2)17-6-5-14(10-15(17)11-18)16-9-13(12-21)7-8-19-16/h5-10,12H,3-4H2,1-2H3. The molecule has 0 amide bonds. The SMILES string of the molecule is CCN(CC)c1ccc(-c2cc(C=O)ccn2)cc1C#N. The lowest BCUT2D eigenvalue weighted by molar-refractivity contribution is 0.112. The Hall–Kier alpha value is -2.67. The van der Waals surface area contributed by atoms with Gasteiger partial charge in [0.05, 0.1) is 16.9 Å². The van der Waals surface area contributed by atoms with Gasteiger partial charge in [-0.25, -0.2) is 0 Å². The molecule has 0 fully saturated rings. The molecule has 0 saturated heterocycles. The van der Waals surface area contributed by atoms with Crippen LogP contribution in [0.3, 0.4) is 0 Å². The second kappa shape index (κ2) is 6.67. The van der Waals surface area contributed by atoms with Gasteiger partial charge < -0.3 is 4.90 Å². The van der Waals surface area contributed by atoms with E-state index in [1.165, 1.54) is 0 Å². The fourth-order valence-corrected chi connectivity index (χ4v) is 2.30. The molecule has 2 rings (SSSR count). The van der Waals surface area contributed by atoms with Crippen molar-refractivity contribution in [2.75, 3.05) is 18.0 Å². The van der Waals surface area contributed by atoms with Crippen LogP contribution in [-0.4, -0.2) is 24.4 Å². The quantitative estimate of drug-likeness (QED) is 0.788. The van der Waals surface area contributed by atoms with Crippen LogP contribution >= 0.6 is 0 Å². The highest BCUT2D eigenvalue weighted by Crippen LogP contribution is 2.26. The molecule has 2 aromatic rings. The fraction of sp³-hybridized carbons (Fsp3) is 0.235. The molecular weight excluding hydrogens is 262 g/mol. The van der Waals surface area contributed by atoms with Gasteiger partial charge in [-0.1, -0.05) is 6.07 Å². The summed E-state index contributed by atoms with van der Waals surface area (Å²) < 4.78 is 0. The Morgan fingerprint density at radius 1 is 1.24 bits per heavy atom. The van der Waals surface area contributed by atoms with Gasteiger partial charge in [0.2, 0.25) is 0 Å². The van der Waals surface area contributed by atoms with Crippen molar-refractivity contribution in [2.45, 2.75) is 13.8 Å². The van der Waals surface area contributed by atoms with E-state index in [-0.39, 0.29) is 0 Å². The topological polar surface area (TPSA) is 57.0 Å². The Balaban J connectivity index is 2.48. The van der Waals surface area contributed by atoms with Crippen molar-refractivity contribution >= 4 is 12.0 Å². The zero-order valence-electron chi connectivity index (χ0n) is 12.2. The monoisotopic (exact) mass is 279 g/mol. The molecule has 0 spiro atoms. The lowest BCUT2D eigenvalue weighted by atomic mass is 10.0. The Kier molecular flexibility index (Phi) is 4.68. The molecule has 0 saturated carbocycles. The van der Waals surface area contributed by atoms with Crippen molar-refractivity contribution in [3.63, 3.8) is 0 Å². The number of carbonyl (C=O) groups excluding carboxylic acids is 1. The van der Waals surface area contributed by atoms with E-state index in [0.717, 1.165) is 30.6 Å². The van der Waals surface area contributed by atoms with E-state index in [1.54, 1.807) is 18.3 Å². The van der Waals surface area contributed by atoms with Gasteiger partial charge in [0, 0.05) is 30.4 Å². The molecular formula is C17H17N3O. The van der Waals surface area contributed by atoms with E-state index < -0.39 is 0 Å². The van der Waals surface area contributed by atoms with Crippen LogP contribution < -0.4 is 4.90 Å². The van der Waals surface area contributed by atoms with E-state index in [9.17, 15) is 10.1 Å². The van der Waals surface area contributed by atoms with Crippen LogP contribution in [-0.2, 0) is 0 Å². The summed E-state index contributed by atoms with van der Waals surface area (Å²) in [4.78, 5) is 17.2. The lowest BCUT2D eigenvalue weighted by Crippen LogP contribution is -2.22. The molecule has 0 aliphatic carbocycles. The predicted octanol–water partition coefficient (Wildman–Crippen LogP) is 3.28. The van der Waals surface area contributed by atoms with Gasteiger partial charge in [0.1, 0.15) is 12.4 Å². The number of nitrogens with zero attached hydrogens (tertiary/aromatic N) is 3. The van der Waals surface area contributed by atoms with Crippen LogP contribution in [0.25, 0.3) is 11.3 Å². The molecule has 1 aromatic heterocycles. The number of hydrogen-bond acceptors (Lipinski definition) is 4. The van der Waals surface area contributed by atoms with E-state index in [1.807, 2.05) is 18.2 Å². The molecule has 21 heavy (non-hydrogen) atoms. The number of nitriles is 1. The summed E-state index contributed by atoms with van der Waals surface area (Å²) in [5.74, 6) is 0. The molecule has 0 aliphatic rings. The molecule has 1 heterocycles. The molecule has 4 heteroatoms. The van der Waals surface area contributed by atoms with Crippen LogP contribution in [0.2, 0.25) is 0 Å². The number of carbonyl (C=O) groups is 1. The van der Waals surface area contributed by atoms with Crippen molar-refractivity contribution in [1.82, 2.24) is 4.98 Å². The van der Waals surface area contributed by atoms with Crippen LogP contribution in [0.1, 0.15) is 29.8 Å². The molecule has 0 bridgehead atoms. The fourth-order valence-electron chi connectivity index (χ4n) is 2.30. The van der Waals surface area contributed by atoms with Gasteiger partial charge in [-0.05, 0) is 38.1 Å². The third kappa shape index (κ3) is 3.09. The second-order valence-electron chi connectivity index (χ2n) is 4.61. The summed E-state index contributed by atoms with van der Waals surface area (Å²) in [6.45, 7) is 5.83. The highest BCUT2D eigenvalue weighted by molar-refractivity contribution is 5.78. The molecule has 106 valence electrons. The van der Waals surface area contributed by atoms with Crippen LogP contribution in [0, 0.1) is 11.3 Å². The van der Waals surface area contributed by atoms with Gasteiger partial charge in [-0.15, -0.1) is 0 Å². The van der Waals surface area contributed by atoms with Crippen molar-refractivity contribution in [1.29, 1.82) is 5.26 Å². The minimum atomic E-state index is 0.575. The van der Waals surface area contributed by atoms with E-state index >= 15 is 0 Å². The number of aldehydes is 1. The van der Waals surface area contributed by atoms with Crippen molar-refractivity contribution < 1.29 is 4.79 Å². The van der Waals surface area contributed by atoms with Gasteiger partial charge in [-0.2, -0.15) is 5.26 Å². The number of rotatable bonds is 5. The highest BCUT2D eigenvalue weighted by atomic mass is 16.1. The molecule has 4 nitrogen and oxygen atoms in total. The Morgan fingerprint density at radius 2 is 2.00 bits per heavy atom. The van der Waals surface area contributed by atoms with Crippen molar-refractivity contribution in [3.8, 4) is 17.3 Å². The van der Waals surface area contributed by atoms with E-state index in [0.29, 0.717) is 16.8 Å². The van der Waals surface area contributed by atoms with Gasteiger partial charge in [0.25, 0.3) is 0 Å². The van der Waals surface area contributed by atoms with Crippen molar-refractivity contribution in [3.05, 3.63) is 47.7 Å². The summed E-state index contributed by atoms with van der Waals surface area (Å²) in [6.07, 6.45) is 2.39. The molecule has 0 unspecified atom stereocenters. The Morgan fingerprint density at radius 3 is 2.62 bits per heavy atom. The van der Waals surface area contributed by atoms with Gasteiger partial charge >= 0.3 is 0 Å². The van der Waals surface area contributed by atoms with Gasteiger partial charge in [0.15, 0.2) is 0 Å². The molecule has 0 radical (unpaired) electrons. The van der Waals surface area contributed by atoms with Crippen LogP contribution in [0.5, 0.6) is 0 Å². The highest BCUT2D eigenvalue weighted by Gasteiger charge is 2.10. The zero-order valence-corrected chi connectivity index (χ0v) is 12.2. The van der Waals surface area contributed by atoms with Gasteiger partial charge in [-0.3, -0.25) is 9.78 Å². The summed E-state index contributed by atoms with van der Waals surface area (Å²) >= 11 is 0. The number of benzene rings is 1. The maximum Gasteiger partial charge on any atom is 0.150 e. The smallest absolute Gasteiger partial charge is 0.150 e. The minimum absolute atomic E-state index is 0.575. The largest absolute Gasteiger partial charge is 0.371 e. The average molecular weight is 279 g/mol. The molecule has 0 atom stereocenters. The maximum absolute atomic E-state index is 10.8. The first-order valence-electron chi connectivity index (χ1n) is 6.94. The Bertz CT molecular complexity index is 685. The lowest BCUT2D eigenvalue weighted by Gasteiger charge is -2.22. The van der Waals surface area contributed by atoms with Crippen LogP contribution in [0.4, 0.5) is 5.69 Å². The Labute approximate surface area is 124 Å². The van der Waals surface area contributed by atoms with E-state index in [4.69, 9.17) is 0 Å². The maximum atomic E-state index is 10.8. The first-order chi connectivity index (χ1) is 10.2. The molecule has 1 aromatic carbocycles. The van der Waals surface area contributed by atoms with E-state index in [2.05, 4.69) is 29.8 Å². The summed E-state index contributed by atoms with van der Waals surface area (Å²) in [5.41, 5.74) is 3.66. The van der Waals surface area contributed by atoms with Crippen molar-refractivity contribution in [2.24, 2.45) is 0 Å². The third-order valence-electron chi connectivity index (χ3n) is 3.44. The zero-order chi connectivity index (χ0) is 15.2. The number of anilines is 1. The summed E-state index contributed by atoms with van der Waals surface area (Å²) in [5, 5.41) is 9.38. The normalized spacial score (nSPS) is 9.95. The third-order valence-corrected chi connectivity index (χ3v) is 3.44. The summed E-state index contributed by atoms with van der Waals surface area (Å²) in [7, 11) is 0. The average Bonchev–Trinajstić information content (AvgIpc) is 2.56. The number of aromatic nitrogens is 1. The molecule has 0 N–H and O–H groups in total. The number of pyridine rings is 1. The predicted molar refractivity (Wildman–Crippen MR) is 83.3 cm³/mol. The molecule has 0 aliphatic heterocycles. The minimum Gasteiger partial charge on any atom is -0.371 e. The second-order valence-corrected chi connectivity index (χ2v) is 4.61. The first-order valence-corrected chi connectivity index (χ1v) is 6.94.